The number of hydrogen-bond acceptors (Lipinski definition) is 4. The second-order valence-corrected chi connectivity index (χ2v) is 5.49. The van der Waals surface area contributed by atoms with Crippen LogP contribution in [0.4, 0.5) is 5.69 Å². The van der Waals surface area contributed by atoms with E-state index < -0.39 is 0 Å². The molecular formula is C19H23NO4. The van der Waals surface area contributed by atoms with Crippen LogP contribution in [-0.2, 0) is 4.79 Å². The number of ether oxygens (including phenoxy) is 3. The maximum atomic E-state index is 12.0. The van der Waals surface area contributed by atoms with E-state index in [4.69, 9.17) is 14.2 Å². The molecule has 0 radical (unpaired) electrons. The van der Waals surface area contributed by atoms with Crippen molar-refractivity contribution in [3.8, 4) is 17.2 Å². The Balaban J connectivity index is 1.88. The summed E-state index contributed by atoms with van der Waals surface area (Å²) in [5, 5.41) is 2.83. The van der Waals surface area contributed by atoms with Crippen LogP contribution in [-0.4, -0.2) is 26.7 Å². The van der Waals surface area contributed by atoms with Gasteiger partial charge >= 0.3 is 0 Å². The van der Waals surface area contributed by atoms with Gasteiger partial charge in [0.2, 0.25) is 5.91 Å². The first kappa shape index (κ1) is 17.7. The first-order valence-corrected chi connectivity index (χ1v) is 7.75. The number of benzene rings is 2. The molecule has 0 atom stereocenters. The molecule has 2 aromatic carbocycles. The molecule has 0 aliphatic heterocycles. The number of amides is 1. The minimum Gasteiger partial charge on any atom is -0.493 e. The van der Waals surface area contributed by atoms with Crippen LogP contribution in [0.1, 0.15) is 17.5 Å². The molecule has 128 valence electrons. The first-order valence-electron chi connectivity index (χ1n) is 7.75. The zero-order valence-corrected chi connectivity index (χ0v) is 14.5. The highest BCUT2D eigenvalue weighted by Crippen LogP contribution is 2.29. The van der Waals surface area contributed by atoms with Gasteiger partial charge < -0.3 is 19.5 Å². The minimum atomic E-state index is -0.118. The van der Waals surface area contributed by atoms with Gasteiger partial charge in [-0.2, -0.15) is 0 Å². The minimum absolute atomic E-state index is 0.118. The van der Waals surface area contributed by atoms with Gasteiger partial charge in [-0.05, 0) is 43.2 Å². The van der Waals surface area contributed by atoms with Gasteiger partial charge in [-0.3, -0.25) is 4.79 Å². The summed E-state index contributed by atoms with van der Waals surface area (Å²) in [6.07, 6.45) is 0.266. The van der Waals surface area contributed by atoms with Gasteiger partial charge in [0.1, 0.15) is 5.75 Å². The van der Waals surface area contributed by atoms with Crippen molar-refractivity contribution in [2.75, 3.05) is 26.1 Å². The van der Waals surface area contributed by atoms with Crippen LogP contribution in [0.15, 0.2) is 36.4 Å². The van der Waals surface area contributed by atoms with Gasteiger partial charge in [-0.1, -0.05) is 12.1 Å². The van der Waals surface area contributed by atoms with Crippen LogP contribution < -0.4 is 19.5 Å². The lowest BCUT2D eigenvalue weighted by atomic mass is 10.1. The second kappa shape index (κ2) is 8.24. The highest BCUT2D eigenvalue weighted by atomic mass is 16.5. The Labute approximate surface area is 142 Å². The van der Waals surface area contributed by atoms with Crippen molar-refractivity contribution < 1.29 is 19.0 Å². The quantitative estimate of drug-likeness (QED) is 0.841. The molecule has 0 spiro atoms. The van der Waals surface area contributed by atoms with Crippen molar-refractivity contribution in [1.82, 2.24) is 0 Å². The Hall–Kier alpha value is -2.69. The van der Waals surface area contributed by atoms with Crippen molar-refractivity contribution in [3.05, 3.63) is 47.5 Å². The predicted molar refractivity (Wildman–Crippen MR) is 94.2 cm³/mol. The number of hydrogen-bond donors (Lipinski definition) is 1. The molecule has 5 heteroatoms. The van der Waals surface area contributed by atoms with Crippen LogP contribution in [0.3, 0.4) is 0 Å². The zero-order chi connectivity index (χ0) is 17.5. The van der Waals surface area contributed by atoms with Crippen LogP contribution in [0.25, 0.3) is 0 Å². The number of carbonyl (C=O) groups is 1. The number of anilines is 1. The number of carbonyl (C=O) groups excluding carboxylic acids is 1. The molecule has 5 nitrogen and oxygen atoms in total. The lowest BCUT2D eigenvalue weighted by Crippen LogP contribution is -2.15. The average molecular weight is 329 g/mol. The Morgan fingerprint density at radius 3 is 2.42 bits per heavy atom. The Kier molecular flexibility index (Phi) is 6.07. The van der Waals surface area contributed by atoms with Gasteiger partial charge in [0.25, 0.3) is 0 Å². The third-order valence-electron chi connectivity index (χ3n) is 3.60. The summed E-state index contributed by atoms with van der Waals surface area (Å²) < 4.78 is 16.1. The molecule has 0 saturated heterocycles. The number of aryl methyl sites for hydroxylation is 2. The molecule has 1 amide bonds. The summed E-state index contributed by atoms with van der Waals surface area (Å²) >= 11 is 0. The van der Waals surface area contributed by atoms with Crippen molar-refractivity contribution in [3.63, 3.8) is 0 Å². The van der Waals surface area contributed by atoms with E-state index in [1.165, 1.54) is 0 Å². The molecule has 0 unspecified atom stereocenters. The van der Waals surface area contributed by atoms with Crippen LogP contribution in [0.2, 0.25) is 0 Å². The summed E-state index contributed by atoms with van der Waals surface area (Å²) in [4.78, 5) is 12.0. The molecule has 24 heavy (non-hydrogen) atoms. The van der Waals surface area contributed by atoms with Crippen molar-refractivity contribution in [2.24, 2.45) is 0 Å². The molecule has 0 fully saturated rings. The van der Waals surface area contributed by atoms with Crippen molar-refractivity contribution in [2.45, 2.75) is 20.3 Å². The summed E-state index contributed by atoms with van der Waals surface area (Å²) in [6.45, 7) is 4.32. The molecule has 0 saturated carbocycles. The Bertz CT molecular complexity index is 713. The highest BCUT2D eigenvalue weighted by molar-refractivity contribution is 5.91. The topological polar surface area (TPSA) is 56.8 Å². The fourth-order valence-corrected chi connectivity index (χ4v) is 2.25. The smallest absolute Gasteiger partial charge is 0.227 e. The summed E-state index contributed by atoms with van der Waals surface area (Å²) in [7, 11) is 3.13. The standard InChI is InChI=1S/C19H23NO4/c1-13-5-6-14(2)17(11-13)24-10-9-19(21)20-15-7-8-16(22-3)18(12-15)23-4/h5-8,11-12H,9-10H2,1-4H3,(H,20,21). The van der Waals surface area contributed by atoms with Gasteiger partial charge in [-0.25, -0.2) is 0 Å². The monoisotopic (exact) mass is 329 g/mol. The van der Waals surface area contributed by atoms with Crippen LogP contribution >= 0.6 is 0 Å². The van der Waals surface area contributed by atoms with Crippen molar-refractivity contribution >= 4 is 11.6 Å². The normalized spacial score (nSPS) is 10.2. The van der Waals surface area contributed by atoms with E-state index in [2.05, 4.69) is 5.32 Å². The molecule has 0 aliphatic carbocycles. The lowest BCUT2D eigenvalue weighted by Gasteiger charge is -2.12. The van der Waals surface area contributed by atoms with Gasteiger partial charge in [0.05, 0.1) is 27.2 Å². The molecule has 2 rings (SSSR count). The summed E-state index contributed by atoms with van der Waals surface area (Å²) in [5.74, 6) is 1.89. The maximum Gasteiger partial charge on any atom is 0.227 e. The van der Waals surface area contributed by atoms with E-state index in [0.29, 0.717) is 23.8 Å². The van der Waals surface area contributed by atoms with E-state index >= 15 is 0 Å². The average Bonchev–Trinajstić information content (AvgIpc) is 2.57. The largest absolute Gasteiger partial charge is 0.493 e. The van der Waals surface area contributed by atoms with E-state index in [1.54, 1.807) is 32.4 Å². The Morgan fingerprint density at radius 2 is 1.71 bits per heavy atom. The molecule has 1 N–H and O–H groups in total. The number of rotatable bonds is 7. The first-order chi connectivity index (χ1) is 11.5. The molecule has 0 bridgehead atoms. The van der Waals surface area contributed by atoms with E-state index in [-0.39, 0.29) is 12.3 Å². The van der Waals surface area contributed by atoms with Crippen LogP contribution in [0.5, 0.6) is 17.2 Å². The van der Waals surface area contributed by atoms with Gasteiger partial charge in [0.15, 0.2) is 11.5 Å². The van der Waals surface area contributed by atoms with E-state index in [9.17, 15) is 4.79 Å². The third kappa shape index (κ3) is 4.65. The number of methoxy groups -OCH3 is 2. The fraction of sp³-hybridized carbons (Fsp3) is 0.316. The van der Waals surface area contributed by atoms with E-state index in [1.807, 2.05) is 32.0 Å². The zero-order valence-electron chi connectivity index (χ0n) is 14.5. The van der Waals surface area contributed by atoms with Crippen molar-refractivity contribution in [1.29, 1.82) is 0 Å². The number of nitrogens with one attached hydrogen (secondary N) is 1. The summed E-state index contributed by atoms with van der Waals surface area (Å²) in [6, 6.07) is 11.3. The second-order valence-electron chi connectivity index (χ2n) is 5.49. The maximum absolute atomic E-state index is 12.0. The highest BCUT2D eigenvalue weighted by Gasteiger charge is 2.08. The van der Waals surface area contributed by atoms with Crippen LogP contribution in [0, 0.1) is 13.8 Å². The Morgan fingerprint density at radius 1 is 0.958 bits per heavy atom. The lowest BCUT2D eigenvalue weighted by molar-refractivity contribution is -0.116. The molecule has 0 aromatic heterocycles. The molecule has 0 heterocycles. The fourth-order valence-electron chi connectivity index (χ4n) is 2.25. The summed E-state index contributed by atoms with van der Waals surface area (Å²) in [5.41, 5.74) is 2.84. The molecule has 2 aromatic rings. The predicted octanol–water partition coefficient (Wildman–Crippen LogP) is 3.73. The molecule has 0 aliphatic rings. The van der Waals surface area contributed by atoms with Gasteiger partial charge in [-0.15, -0.1) is 0 Å². The third-order valence-corrected chi connectivity index (χ3v) is 3.60. The van der Waals surface area contributed by atoms with E-state index in [0.717, 1.165) is 16.9 Å². The van der Waals surface area contributed by atoms with Gasteiger partial charge in [0, 0.05) is 11.8 Å². The SMILES string of the molecule is COc1ccc(NC(=O)CCOc2cc(C)ccc2C)cc1OC. The molecular weight excluding hydrogens is 306 g/mol.